The molecule has 3 aliphatic rings. The third kappa shape index (κ3) is 6.44. The summed E-state index contributed by atoms with van der Waals surface area (Å²) in [5.41, 5.74) is -0.365. The fourth-order valence-corrected chi connectivity index (χ4v) is 7.63. The van der Waals surface area contributed by atoms with Gasteiger partial charge in [-0.1, -0.05) is 65.3 Å². The highest BCUT2D eigenvalue weighted by atomic mass is 79.9. The number of hydrogen-bond donors (Lipinski definition) is 2. The largest absolute Gasteiger partial charge is 0.460 e. The van der Waals surface area contributed by atoms with Gasteiger partial charge in [-0.2, -0.15) is 0 Å². The summed E-state index contributed by atoms with van der Waals surface area (Å²) < 4.78 is 12.3. The number of likely N-dealkylation sites (tertiary alicyclic amines) is 1. The van der Waals surface area contributed by atoms with Crippen molar-refractivity contribution in [3.63, 3.8) is 0 Å². The van der Waals surface area contributed by atoms with E-state index in [4.69, 9.17) is 9.47 Å². The molecular weight excluding hydrogens is 618 g/mol. The number of benzene rings is 1. The summed E-state index contributed by atoms with van der Waals surface area (Å²) in [6, 6.07) is 7.85. The molecule has 1 unspecified atom stereocenters. The van der Waals surface area contributed by atoms with E-state index in [9.17, 15) is 24.3 Å². The molecule has 0 aliphatic carbocycles. The zero-order valence-corrected chi connectivity index (χ0v) is 26.4. The van der Waals surface area contributed by atoms with Crippen molar-refractivity contribution >= 4 is 39.6 Å². The van der Waals surface area contributed by atoms with Crippen LogP contribution in [0, 0.1) is 11.8 Å². The SMILES string of the molecule is C=CCCC(=O)NC[C@H](C)OC(=O)[C@H]1[C@@H]2O[C@@]3(CC2Br)[C@@H]1C(=O)N([C@@H](CC)CO)[C@@H]3C(=O)N(CC=C)Cc1ccccc1. The molecule has 0 radical (unpaired) electrons. The number of rotatable bonds is 15. The van der Waals surface area contributed by atoms with E-state index in [2.05, 4.69) is 34.4 Å². The van der Waals surface area contributed by atoms with Crippen LogP contribution >= 0.6 is 15.9 Å². The monoisotopic (exact) mass is 659 g/mol. The van der Waals surface area contributed by atoms with E-state index in [0.717, 1.165) is 5.56 Å². The Morgan fingerprint density at radius 3 is 2.63 bits per heavy atom. The van der Waals surface area contributed by atoms with Crippen LogP contribution in [0.4, 0.5) is 0 Å². The maximum Gasteiger partial charge on any atom is 0.312 e. The van der Waals surface area contributed by atoms with Crippen molar-refractivity contribution in [2.24, 2.45) is 11.8 Å². The molecule has 10 nitrogen and oxygen atoms in total. The number of ether oxygens (including phenoxy) is 2. The third-order valence-electron chi connectivity index (χ3n) is 8.67. The molecule has 2 bridgehead atoms. The van der Waals surface area contributed by atoms with Crippen molar-refractivity contribution in [2.45, 2.75) is 80.8 Å². The molecular formula is C32H42BrN3O7. The number of allylic oxidation sites excluding steroid dienone is 1. The Morgan fingerprint density at radius 1 is 1.28 bits per heavy atom. The van der Waals surface area contributed by atoms with Gasteiger partial charge in [-0.25, -0.2) is 0 Å². The molecule has 1 spiro atoms. The number of nitrogens with zero attached hydrogens (tertiary/aromatic N) is 2. The summed E-state index contributed by atoms with van der Waals surface area (Å²) in [4.78, 5) is 57.3. The quantitative estimate of drug-likeness (QED) is 0.169. The minimum Gasteiger partial charge on any atom is -0.460 e. The highest BCUT2D eigenvalue weighted by Gasteiger charge is 2.77. The van der Waals surface area contributed by atoms with Gasteiger partial charge in [0.2, 0.25) is 17.7 Å². The Morgan fingerprint density at radius 2 is 2.00 bits per heavy atom. The lowest BCUT2D eigenvalue weighted by Gasteiger charge is -2.39. The lowest BCUT2D eigenvalue weighted by Crippen LogP contribution is -2.58. The van der Waals surface area contributed by atoms with Crippen molar-refractivity contribution in [1.29, 1.82) is 0 Å². The summed E-state index contributed by atoms with van der Waals surface area (Å²) in [7, 11) is 0. The average Bonchev–Trinajstić information content (AvgIpc) is 3.59. The second-order valence-corrected chi connectivity index (χ2v) is 12.7. The second kappa shape index (κ2) is 14.2. The predicted molar refractivity (Wildman–Crippen MR) is 164 cm³/mol. The van der Waals surface area contributed by atoms with Crippen LogP contribution in [-0.4, -0.2) is 93.0 Å². The fraction of sp³-hybridized carbons (Fsp3) is 0.562. The van der Waals surface area contributed by atoms with Gasteiger partial charge in [0.25, 0.3) is 0 Å². The minimum absolute atomic E-state index is 0.118. The van der Waals surface area contributed by atoms with Crippen LogP contribution in [-0.2, 0) is 35.2 Å². The molecule has 3 saturated heterocycles. The first-order chi connectivity index (χ1) is 20.6. The van der Waals surface area contributed by atoms with Crippen LogP contribution < -0.4 is 5.32 Å². The normalized spacial score (nSPS) is 28.6. The van der Waals surface area contributed by atoms with E-state index < -0.39 is 53.6 Å². The Bertz CT molecular complexity index is 1210. The first-order valence-corrected chi connectivity index (χ1v) is 15.8. The van der Waals surface area contributed by atoms with Crippen LogP contribution in [0.5, 0.6) is 0 Å². The second-order valence-electron chi connectivity index (χ2n) is 11.5. The van der Waals surface area contributed by atoms with Gasteiger partial charge in [0.05, 0.1) is 37.1 Å². The number of hydrogen-bond acceptors (Lipinski definition) is 7. The predicted octanol–water partition coefficient (Wildman–Crippen LogP) is 2.73. The first kappa shape index (κ1) is 32.9. The summed E-state index contributed by atoms with van der Waals surface area (Å²) >= 11 is 3.67. The van der Waals surface area contributed by atoms with Crippen molar-refractivity contribution in [3.05, 3.63) is 61.2 Å². The molecule has 4 rings (SSSR count). The number of alkyl halides is 1. The van der Waals surface area contributed by atoms with E-state index in [0.29, 0.717) is 25.8 Å². The minimum atomic E-state index is -1.28. The zero-order valence-electron chi connectivity index (χ0n) is 24.8. The van der Waals surface area contributed by atoms with Crippen LogP contribution in [0.15, 0.2) is 55.6 Å². The van der Waals surface area contributed by atoms with Gasteiger partial charge in [-0.05, 0) is 31.7 Å². The van der Waals surface area contributed by atoms with Crippen molar-refractivity contribution in [1.82, 2.24) is 15.1 Å². The summed E-state index contributed by atoms with van der Waals surface area (Å²) in [6.45, 7) is 11.3. The Labute approximate surface area is 261 Å². The van der Waals surface area contributed by atoms with E-state index in [-0.39, 0.29) is 42.8 Å². The van der Waals surface area contributed by atoms with Gasteiger partial charge in [-0.15, -0.1) is 13.2 Å². The van der Waals surface area contributed by atoms with E-state index >= 15 is 0 Å². The zero-order chi connectivity index (χ0) is 31.3. The molecule has 1 aromatic rings. The average molecular weight is 661 g/mol. The highest BCUT2D eigenvalue weighted by molar-refractivity contribution is 9.09. The molecule has 234 valence electrons. The molecule has 3 amide bonds. The van der Waals surface area contributed by atoms with Gasteiger partial charge in [0, 0.05) is 24.3 Å². The maximum absolute atomic E-state index is 14.5. The summed E-state index contributed by atoms with van der Waals surface area (Å²) in [5.74, 6) is -3.42. The Kier molecular flexibility index (Phi) is 10.8. The molecule has 2 N–H and O–H groups in total. The number of fused-ring (bicyclic) bond motifs is 1. The van der Waals surface area contributed by atoms with E-state index in [1.807, 2.05) is 37.3 Å². The number of aliphatic hydroxyl groups is 1. The topological polar surface area (TPSA) is 125 Å². The van der Waals surface area contributed by atoms with Gasteiger partial charge >= 0.3 is 5.97 Å². The molecule has 0 aromatic heterocycles. The van der Waals surface area contributed by atoms with E-state index in [1.54, 1.807) is 24.0 Å². The molecule has 3 fully saturated rings. The van der Waals surface area contributed by atoms with Crippen LogP contribution in [0.3, 0.4) is 0 Å². The first-order valence-electron chi connectivity index (χ1n) is 14.9. The third-order valence-corrected chi connectivity index (χ3v) is 9.51. The molecule has 43 heavy (non-hydrogen) atoms. The number of carbonyl (C=O) groups is 4. The number of amides is 3. The summed E-state index contributed by atoms with van der Waals surface area (Å²) in [5, 5.41) is 13.0. The van der Waals surface area contributed by atoms with Gasteiger partial charge in [0.15, 0.2) is 0 Å². The maximum atomic E-state index is 14.5. The standard InChI is InChI=1S/C32H42BrN3O7/c1-5-8-14-24(38)34-17-20(4)42-31(41)25-26-29(39)36(22(7-3)19-37)28(32(26)16-23(33)27(25)43-32)30(40)35(15-6-2)18-21-12-10-9-11-13-21/h5-6,9-13,20,22-23,25-28,37H,1-2,7-8,14-19H2,3-4H3,(H,34,38)/t20-,22-,23?,25+,26-,27+,28+,32-/m0/s1. The van der Waals surface area contributed by atoms with Crippen molar-refractivity contribution in [3.8, 4) is 0 Å². The number of carbonyl (C=O) groups excluding carboxylic acids is 4. The van der Waals surface area contributed by atoms with Crippen molar-refractivity contribution in [2.75, 3.05) is 19.7 Å². The van der Waals surface area contributed by atoms with E-state index in [1.165, 1.54) is 4.90 Å². The lowest BCUT2D eigenvalue weighted by atomic mass is 9.70. The smallest absolute Gasteiger partial charge is 0.312 e. The van der Waals surface area contributed by atoms with Crippen molar-refractivity contribution < 1.29 is 33.8 Å². The molecule has 3 aliphatic heterocycles. The molecule has 0 saturated carbocycles. The molecule has 1 aromatic carbocycles. The number of esters is 1. The number of aliphatic hydroxyl groups excluding tert-OH is 1. The van der Waals surface area contributed by atoms with Crippen LogP contribution in [0.2, 0.25) is 0 Å². The molecule has 3 heterocycles. The number of halogens is 1. The lowest BCUT2D eigenvalue weighted by molar-refractivity contribution is -0.160. The highest BCUT2D eigenvalue weighted by Crippen LogP contribution is 2.60. The Balaban J connectivity index is 1.63. The van der Waals surface area contributed by atoms with Gasteiger partial charge in [-0.3, -0.25) is 19.2 Å². The van der Waals surface area contributed by atoms with Crippen LogP contribution in [0.1, 0.15) is 45.1 Å². The molecule has 8 atom stereocenters. The molecule has 11 heteroatoms. The van der Waals surface area contributed by atoms with Gasteiger partial charge < -0.3 is 29.7 Å². The fourth-order valence-electron chi connectivity index (χ4n) is 6.69. The summed E-state index contributed by atoms with van der Waals surface area (Å²) in [6.07, 6.45) is 3.55. The number of nitrogens with one attached hydrogen (secondary N) is 1. The van der Waals surface area contributed by atoms with Gasteiger partial charge in [0.1, 0.15) is 17.7 Å². The Hall–Kier alpha value is -3.02. The van der Waals surface area contributed by atoms with Crippen LogP contribution in [0.25, 0.3) is 0 Å².